The maximum Gasteiger partial charge on any atom is 0.307 e. The maximum absolute atomic E-state index is 10.5. The van der Waals surface area contributed by atoms with Crippen LogP contribution < -0.4 is 0 Å². The lowest BCUT2D eigenvalue weighted by Crippen LogP contribution is -1.97. The minimum Gasteiger partial charge on any atom is -0.435 e. The summed E-state index contributed by atoms with van der Waals surface area (Å²) < 4.78 is 4.72. The van der Waals surface area contributed by atoms with Gasteiger partial charge in [0.25, 0.3) is 0 Å². The molecule has 82 valence electrons. The molecular formula is C12H22O2. The monoisotopic (exact) mass is 198 g/mol. The van der Waals surface area contributed by atoms with Crippen molar-refractivity contribution < 1.29 is 9.53 Å². The molecule has 0 aliphatic rings. The van der Waals surface area contributed by atoms with Crippen LogP contribution in [-0.4, -0.2) is 5.97 Å². The summed E-state index contributed by atoms with van der Waals surface area (Å²) in [5.41, 5.74) is 0. The Labute approximate surface area is 87.3 Å². The van der Waals surface area contributed by atoms with Gasteiger partial charge < -0.3 is 4.74 Å². The van der Waals surface area contributed by atoms with Gasteiger partial charge in [-0.05, 0) is 18.4 Å². The smallest absolute Gasteiger partial charge is 0.307 e. The van der Waals surface area contributed by atoms with Crippen LogP contribution in [-0.2, 0) is 9.53 Å². The van der Waals surface area contributed by atoms with E-state index in [4.69, 9.17) is 4.74 Å². The second kappa shape index (κ2) is 8.79. The van der Waals surface area contributed by atoms with Crippen molar-refractivity contribution in [2.45, 2.75) is 52.9 Å². The van der Waals surface area contributed by atoms with E-state index in [1.807, 2.05) is 6.08 Å². The lowest BCUT2D eigenvalue weighted by Gasteiger charge is -2.10. The molecule has 0 N–H and O–H groups in total. The van der Waals surface area contributed by atoms with Crippen molar-refractivity contribution in [3.05, 3.63) is 12.3 Å². The molecule has 0 aromatic heterocycles. The standard InChI is InChI=1S/C12H22O2/c1-4-6-8-12(5-2)9-7-10-14-11(3)13/h7,10,12H,4-6,8-9H2,1-3H3. The lowest BCUT2D eigenvalue weighted by atomic mass is 9.96. The minimum absolute atomic E-state index is 0.247. The fourth-order valence-electron chi connectivity index (χ4n) is 1.37. The number of allylic oxidation sites excluding steroid dienone is 1. The number of hydrogen-bond donors (Lipinski definition) is 0. The van der Waals surface area contributed by atoms with E-state index in [9.17, 15) is 4.79 Å². The van der Waals surface area contributed by atoms with Crippen LogP contribution >= 0.6 is 0 Å². The molecule has 0 radical (unpaired) electrons. The quantitative estimate of drug-likeness (QED) is 0.461. The van der Waals surface area contributed by atoms with Gasteiger partial charge in [0.15, 0.2) is 0 Å². The molecule has 1 atom stereocenters. The van der Waals surface area contributed by atoms with Crippen molar-refractivity contribution in [2.24, 2.45) is 5.92 Å². The summed E-state index contributed by atoms with van der Waals surface area (Å²) in [5.74, 6) is 0.490. The maximum atomic E-state index is 10.5. The van der Waals surface area contributed by atoms with Crippen LogP contribution in [0.25, 0.3) is 0 Å². The van der Waals surface area contributed by atoms with E-state index in [0.29, 0.717) is 0 Å². The van der Waals surface area contributed by atoms with Gasteiger partial charge in [0.05, 0.1) is 6.26 Å². The Morgan fingerprint density at radius 3 is 2.64 bits per heavy atom. The van der Waals surface area contributed by atoms with E-state index in [1.54, 1.807) is 0 Å². The summed E-state index contributed by atoms with van der Waals surface area (Å²) >= 11 is 0. The zero-order valence-corrected chi connectivity index (χ0v) is 9.58. The molecule has 0 aliphatic heterocycles. The molecule has 0 aromatic rings. The SMILES string of the molecule is CCCCC(CC)CC=COC(C)=O. The summed E-state index contributed by atoms with van der Waals surface area (Å²) in [6.07, 6.45) is 9.50. The average molecular weight is 198 g/mol. The molecule has 2 heteroatoms. The highest BCUT2D eigenvalue weighted by Crippen LogP contribution is 2.16. The molecule has 0 bridgehead atoms. The topological polar surface area (TPSA) is 26.3 Å². The fraction of sp³-hybridized carbons (Fsp3) is 0.750. The van der Waals surface area contributed by atoms with Crippen molar-refractivity contribution in [3.63, 3.8) is 0 Å². The molecule has 14 heavy (non-hydrogen) atoms. The number of carbonyl (C=O) groups is 1. The molecule has 0 rings (SSSR count). The third-order valence-electron chi connectivity index (χ3n) is 2.34. The first-order valence-corrected chi connectivity index (χ1v) is 5.52. The molecule has 0 amide bonds. The first kappa shape index (κ1) is 13.2. The normalized spacial score (nSPS) is 13.1. The molecule has 0 fully saturated rings. The molecule has 0 aliphatic carbocycles. The van der Waals surface area contributed by atoms with E-state index in [0.717, 1.165) is 12.3 Å². The third-order valence-corrected chi connectivity index (χ3v) is 2.34. The van der Waals surface area contributed by atoms with Crippen LogP contribution in [0.4, 0.5) is 0 Å². The van der Waals surface area contributed by atoms with Crippen molar-refractivity contribution in [3.8, 4) is 0 Å². The Morgan fingerprint density at radius 1 is 1.43 bits per heavy atom. The summed E-state index contributed by atoms with van der Waals surface area (Å²) in [7, 11) is 0. The first-order valence-electron chi connectivity index (χ1n) is 5.52. The van der Waals surface area contributed by atoms with Crippen LogP contribution in [0.1, 0.15) is 52.9 Å². The number of hydrogen-bond acceptors (Lipinski definition) is 2. The number of rotatable bonds is 7. The number of unbranched alkanes of at least 4 members (excludes halogenated alkanes) is 1. The highest BCUT2D eigenvalue weighted by atomic mass is 16.5. The van der Waals surface area contributed by atoms with Gasteiger partial charge >= 0.3 is 5.97 Å². The van der Waals surface area contributed by atoms with Crippen LogP contribution in [0.15, 0.2) is 12.3 Å². The molecule has 0 spiro atoms. The average Bonchev–Trinajstić information content (AvgIpc) is 2.16. The molecular weight excluding hydrogens is 176 g/mol. The van der Waals surface area contributed by atoms with Gasteiger partial charge in [-0.15, -0.1) is 0 Å². The van der Waals surface area contributed by atoms with E-state index < -0.39 is 0 Å². The van der Waals surface area contributed by atoms with Crippen molar-refractivity contribution in [1.82, 2.24) is 0 Å². The Hall–Kier alpha value is -0.790. The van der Waals surface area contributed by atoms with Crippen LogP contribution in [0.3, 0.4) is 0 Å². The van der Waals surface area contributed by atoms with Gasteiger partial charge in [0.2, 0.25) is 0 Å². The molecule has 1 unspecified atom stereocenters. The van der Waals surface area contributed by atoms with Crippen LogP contribution in [0, 0.1) is 5.92 Å². The molecule has 0 saturated heterocycles. The minimum atomic E-state index is -0.247. The van der Waals surface area contributed by atoms with Crippen LogP contribution in [0.5, 0.6) is 0 Å². The zero-order chi connectivity index (χ0) is 10.8. The summed E-state index contributed by atoms with van der Waals surface area (Å²) in [5, 5.41) is 0. The number of esters is 1. The fourth-order valence-corrected chi connectivity index (χ4v) is 1.37. The summed E-state index contributed by atoms with van der Waals surface area (Å²) in [6, 6.07) is 0. The van der Waals surface area contributed by atoms with Gasteiger partial charge in [0.1, 0.15) is 0 Å². The molecule has 2 nitrogen and oxygen atoms in total. The number of ether oxygens (including phenoxy) is 1. The van der Waals surface area contributed by atoms with Gasteiger partial charge in [-0.25, -0.2) is 0 Å². The van der Waals surface area contributed by atoms with Gasteiger partial charge in [-0.2, -0.15) is 0 Å². The van der Waals surface area contributed by atoms with Gasteiger partial charge in [-0.3, -0.25) is 4.79 Å². The van der Waals surface area contributed by atoms with E-state index in [2.05, 4.69) is 13.8 Å². The third kappa shape index (κ3) is 7.84. The van der Waals surface area contributed by atoms with Gasteiger partial charge in [0, 0.05) is 6.92 Å². The largest absolute Gasteiger partial charge is 0.435 e. The summed E-state index contributed by atoms with van der Waals surface area (Å²) in [4.78, 5) is 10.5. The van der Waals surface area contributed by atoms with Gasteiger partial charge in [-0.1, -0.05) is 39.5 Å². The first-order chi connectivity index (χ1) is 6.70. The molecule has 0 saturated carbocycles. The van der Waals surface area contributed by atoms with E-state index >= 15 is 0 Å². The zero-order valence-electron chi connectivity index (χ0n) is 9.58. The Balaban J connectivity index is 3.60. The molecule has 0 aromatic carbocycles. The molecule has 0 heterocycles. The van der Waals surface area contributed by atoms with Crippen molar-refractivity contribution in [1.29, 1.82) is 0 Å². The second-order valence-electron chi connectivity index (χ2n) is 3.63. The summed E-state index contributed by atoms with van der Waals surface area (Å²) in [6.45, 7) is 5.83. The Morgan fingerprint density at radius 2 is 2.14 bits per heavy atom. The highest BCUT2D eigenvalue weighted by molar-refractivity contribution is 5.66. The lowest BCUT2D eigenvalue weighted by molar-refractivity contribution is -0.135. The highest BCUT2D eigenvalue weighted by Gasteiger charge is 2.02. The predicted molar refractivity (Wildman–Crippen MR) is 58.8 cm³/mol. The van der Waals surface area contributed by atoms with E-state index in [1.165, 1.54) is 38.9 Å². The van der Waals surface area contributed by atoms with E-state index in [-0.39, 0.29) is 5.97 Å². The Bertz CT molecular complexity index is 173. The van der Waals surface area contributed by atoms with Crippen LogP contribution in [0.2, 0.25) is 0 Å². The second-order valence-corrected chi connectivity index (χ2v) is 3.63. The van der Waals surface area contributed by atoms with Crippen molar-refractivity contribution in [2.75, 3.05) is 0 Å². The Kier molecular flexibility index (Phi) is 8.30. The predicted octanol–water partition coefficient (Wildman–Crippen LogP) is 3.67. The van der Waals surface area contributed by atoms with Crippen molar-refractivity contribution >= 4 is 5.97 Å². The number of carbonyl (C=O) groups excluding carboxylic acids is 1.